The van der Waals surface area contributed by atoms with Crippen LogP contribution in [0.5, 0.6) is 0 Å². The zero-order chi connectivity index (χ0) is 4.99. The van der Waals surface area contributed by atoms with Crippen LogP contribution in [0.3, 0.4) is 0 Å². The zero-order valence-electron chi connectivity index (χ0n) is 4.41. The van der Waals surface area contributed by atoms with Crippen LogP contribution in [0, 0.1) is 0 Å². The van der Waals surface area contributed by atoms with Gasteiger partial charge in [-0.05, 0) is 22.6 Å². The summed E-state index contributed by atoms with van der Waals surface area (Å²) < 4.78 is 2.01. The quantitative estimate of drug-likeness (QED) is 0.492. The SMILES string of the molecule is C[NH+](C)/C=C/I.[I-]. The second-order valence-electron chi connectivity index (χ2n) is 1.37. The van der Waals surface area contributed by atoms with Gasteiger partial charge < -0.3 is 28.9 Å². The van der Waals surface area contributed by atoms with Gasteiger partial charge >= 0.3 is 0 Å². The molecule has 44 valence electrons. The molecule has 0 amide bonds. The van der Waals surface area contributed by atoms with Crippen molar-refractivity contribution in [3.8, 4) is 0 Å². The first-order valence-electron chi connectivity index (χ1n) is 1.84. The van der Waals surface area contributed by atoms with Gasteiger partial charge in [-0.2, -0.15) is 0 Å². The van der Waals surface area contributed by atoms with Gasteiger partial charge in [-0.15, -0.1) is 0 Å². The molecular formula is C4H9I2N. The van der Waals surface area contributed by atoms with Crippen molar-refractivity contribution in [1.82, 2.24) is 0 Å². The number of hydrogen-bond donors (Lipinski definition) is 1. The van der Waals surface area contributed by atoms with Crippen molar-refractivity contribution in [3.05, 3.63) is 10.3 Å². The van der Waals surface area contributed by atoms with Gasteiger partial charge in [-0.3, -0.25) is 0 Å². The van der Waals surface area contributed by atoms with Crippen LogP contribution in [0.4, 0.5) is 0 Å². The van der Waals surface area contributed by atoms with E-state index in [1.165, 1.54) is 4.90 Å². The Labute approximate surface area is 75.3 Å². The first-order chi connectivity index (χ1) is 2.77. The van der Waals surface area contributed by atoms with E-state index in [1.54, 1.807) is 0 Å². The third-order valence-corrected chi connectivity index (χ3v) is 0.756. The molecule has 0 spiro atoms. The lowest BCUT2D eigenvalue weighted by Crippen LogP contribution is -3.00. The maximum atomic E-state index is 2.20. The van der Waals surface area contributed by atoms with E-state index in [9.17, 15) is 0 Å². The minimum absolute atomic E-state index is 0. The van der Waals surface area contributed by atoms with Crippen LogP contribution in [0.25, 0.3) is 0 Å². The summed E-state index contributed by atoms with van der Waals surface area (Å²) in [6.07, 6.45) is 2.07. The molecule has 0 aliphatic carbocycles. The molecule has 3 heteroatoms. The molecule has 0 radical (unpaired) electrons. The van der Waals surface area contributed by atoms with E-state index in [0.29, 0.717) is 0 Å². The number of quaternary nitrogens is 1. The normalized spacial score (nSPS) is 9.71. The van der Waals surface area contributed by atoms with E-state index in [0.717, 1.165) is 0 Å². The molecule has 0 saturated heterocycles. The number of hydrogen-bond acceptors (Lipinski definition) is 0. The third kappa shape index (κ3) is 11.0. The highest BCUT2D eigenvalue weighted by molar-refractivity contribution is 14.1. The lowest BCUT2D eigenvalue weighted by atomic mass is 10.9. The molecule has 7 heavy (non-hydrogen) atoms. The molecule has 0 aromatic heterocycles. The summed E-state index contributed by atoms with van der Waals surface area (Å²) in [5.41, 5.74) is 0. The van der Waals surface area contributed by atoms with Crippen LogP contribution < -0.4 is 28.9 Å². The predicted molar refractivity (Wildman–Crippen MR) is 36.0 cm³/mol. The van der Waals surface area contributed by atoms with E-state index in [-0.39, 0.29) is 24.0 Å². The molecule has 0 fully saturated rings. The molecule has 0 unspecified atom stereocenters. The Balaban J connectivity index is 0. The van der Waals surface area contributed by atoms with E-state index in [2.05, 4.69) is 42.9 Å². The van der Waals surface area contributed by atoms with Crippen molar-refractivity contribution in [2.24, 2.45) is 0 Å². The topological polar surface area (TPSA) is 4.44 Å². The highest BCUT2D eigenvalue weighted by Gasteiger charge is 1.73. The molecule has 0 atom stereocenters. The van der Waals surface area contributed by atoms with Gasteiger partial charge in [0.2, 0.25) is 0 Å². The standard InChI is InChI=1S/C4H8IN.HI/c1-6(2)4-3-5;/h3-4H,1-2H3;1H/b4-3+;. The van der Waals surface area contributed by atoms with Crippen molar-refractivity contribution in [3.63, 3.8) is 0 Å². The van der Waals surface area contributed by atoms with Crippen LogP contribution >= 0.6 is 22.6 Å². The van der Waals surface area contributed by atoms with E-state index in [1.807, 2.05) is 4.08 Å². The summed E-state index contributed by atoms with van der Waals surface area (Å²) >= 11 is 2.20. The van der Waals surface area contributed by atoms with Crippen LogP contribution in [-0.4, -0.2) is 14.1 Å². The fourth-order valence-electron chi connectivity index (χ4n) is 0.126. The molecule has 1 N–H and O–H groups in total. The summed E-state index contributed by atoms with van der Waals surface area (Å²) in [6, 6.07) is 0. The average Bonchev–Trinajstić information content (AvgIpc) is 1.35. The van der Waals surface area contributed by atoms with Crippen molar-refractivity contribution in [1.29, 1.82) is 0 Å². The molecule has 1 nitrogen and oxygen atoms in total. The number of nitrogens with one attached hydrogen (secondary N) is 1. The smallest absolute Gasteiger partial charge is 0.0999 e. The Morgan fingerprint density at radius 1 is 1.43 bits per heavy atom. The monoisotopic (exact) mass is 325 g/mol. The lowest BCUT2D eigenvalue weighted by molar-refractivity contribution is -0.801. The van der Waals surface area contributed by atoms with Crippen LogP contribution in [-0.2, 0) is 0 Å². The number of halogens is 2. The Morgan fingerprint density at radius 3 is 1.86 bits per heavy atom. The van der Waals surface area contributed by atoms with Gasteiger partial charge in [-0.1, -0.05) is 0 Å². The van der Waals surface area contributed by atoms with Crippen molar-refractivity contribution < 1.29 is 28.9 Å². The van der Waals surface area contributed by atoms with Gasteiger partial charge in [0, 0.05) is 4.08 Å². The van der Waals surface area contributed by atoms with Crippen LogP contribution in [0.15, 0.2) is 10.3 Å². The molecule has 0 aliphatic heterocycles. The van der Waals surface area contributed by atoms with E-state index >= 15 is 0 Å². The highest BCUT2D eigenvalue weighted by Crippen LogP contribution is 1.74. The first kappa shape index (κ1) is 11.0. The summed E-state index contributed by atoms with van der Waals surface area (Å²) in [5.74, 6) is 0. The Kier molecular flexibility index (Phi) is 11.3. The third-order valence-electron chi connectivity index (χ3n) is 0.396. The van der Waals surface area contributed by atoms with Crippen molar-refractivity contribution in [2.75, 3.05) is 14.1 Å². The summed E-state index contributed by atoms with van der Waals surface area (Å²) in [5, 5.41) is 0. The van der Waals surface area contributed by atoms with Gasteiger partial charge in [0.05, 0.1) is 20.3 Å². The van der Waals surface area contributed by atoms with Crippen LogP contribution in [0.1, 0.15) is 0 Å². The van der Waals surface area contributed by atoms with E-state index in [4.69, 9.17) is 0 Å². The Bertz CT molecular complexity index is 51.7. The van der Waals surface area contributed by atoms with E-state index < -0.39 is 0 Å². The van der Waals surface area contributed by atoms with Gasteiger partial charge in [0.25, 0.3) is 0 Å². The highest BCUT2D eigenvalue weighted by atomic mass is 127. The minimum atomic E-state index is 0. The fraction of sp³-hybridized carbons (Fsp3) is 0.500. The van der Waals surface area contributed by atoms with Gasteiger partial charge in [0.1, 0.15) is 0 Å². The predicted octanol–water partition coefficient (Wildman–Crippen LogP) is -2.96. The second-order valence-corrected chi connectivity index (χ2v) is 2.09. The van der Waals surface area contributed by atoms with Crippen molar-refractivity contribution >= 4 is 22.6 Å². The molecule has 0 rings (SSSR count). The molecular weight excluding hydrogens is 316 g/mol. The Hall–Kier alpha value is 1.16. The zero-order valence-corrected chi connectivity index (χ0v) is 8.73. The first-order valence-corrected chi connectivity index (χ1v) is 3.09. The average molecular weight is 325 g/mol. The lowest BCUT2D eigenvalue weighted by Gasteiger charge is -1.92. The summed E-state index contributed by atoms with van der Waals surface area (Å²) in [6.45, 7) is 0. The minimum Gasteiger partial charge on any atom is -1.00 e. The second kappa shape index (κ2) is 7.16. The molecule has 0 bridgehead atoms. The van der Waals surface area contributed by atoms with Crippen LogP contribution in [0.2, 0.25) is 0 Å². The maximum absolute atomic E-state index is 2.20. The molecule has 0 aliphatic rings. The van der Waals surface area contributed by atoms with Crippen molar-refractivity contribution in [2.45, 2.75) is 0 Å². The largest absolute Gasteiger partial charge is 1.00 e. The van der Waals surface area contributed by atoms with Gasteiger partial charge in [0.15, 0.2) is 0 Å². The molecule has 0 aromatic rings. The molecule has 0 aromatic carbocycles. The van der Waals surface area contributed by atoms with Gasteiger partial charge in [-0.25, -0.2) is 0 Å². The maximum Gasteiger partial charge on any atom is 0.0999 e. The molecule has 0 heterocycles. The molecule has 0 saturated carbocycles. The summed E-state index contributed by atoms with van der Waals surface area (Å²) in [7, 11) is 4.16. The number of rotatable bonds is 1. The summed E-state index contributed by atoms with van der Waals surface area (Å²) in [4.78, 5) is 1.35. The fourth-order valence-corrected chi connectivity index (χ4v) is 0.845. The Morgan fingerprint density at radius 2 is 1.86 bits per heavy atom.